The van der Waals surface area contributed by atoms with E-state index in [0.29, 0.717) is 31.6 Å². The van der Waals surface area contributed by atoms with Crippen molar-refractivity contribution in [2.75, 3.05) is 40.0 Å². The van der Waals surface area contributed by atoms with Crippen molar-refractivity contribution >= 4 is 11.6 Å². The summed E-state index contributed by atoms with van der Waals surface area (Å²) in [5.41, 5.74) is 0.998. The molecule has 132 valence electrons. The van der Waals surface area contributed by atoms with Gasteiger partial charge in [-0.15, -0.1) is 0 Å². The van der Waals surface area contributed by atoms with Gasteiger partial charge in [0.15, 0.2) is 5.96 Å². The Morgan fingerprint density at radius 1 is 1.42 bits per heavy atom. The highest BCUT2D eigenvalue weighted by molar-refractivity contribution is 5.79. The summed E-state index contributed by atoms with van der Waals surface area (Å²) in [5.74, 6) is 1.20. The molecule has 1 heterocycles. The van der Waals surface area contributed by atoms with Gasteiger partial charge in [0, 0.05) is 44.9 Å². The van der Waals surface area contributed by atoms with E-state index in [4.69, 9.17) is 9.47 Å². The van der Waals surface area contributed by atoms with Crippen LogP contribution < -0.4 is 10.6 Å². The molecule has 1 aromatic carbocycles. The maximum Gasteiger partial charge on any atom is 0.269 e. The normalized spacial score (nSPS) is 17.7. The fraction of sp³-hybridized carbons (Fsp3) is 0.562. The van der Waals surface area contributed by atoms with E-state index >= 15 is 0 Å². The maximum absolute atomic E-state index is 10.7. The van der Waals surface area contributed by atoms with Crippen LogP contribution in [0, 0.1) is 16.0 Å². The predicted molar refractivity (Wildman–Crippen MR) is 91.0 cm³/mol. The Hall–Kier alpha value is -2.19. The molecule has 0 aliphatic carbocycles. The molecule has 24 heavy (non-hydrogen) atoms. The Morgan fingerprint density at radius 2 is 2.21 bits per heavy atom. The molecule has 8 nitrogen and oxygen atoms in total. The molecule has 0 radical (unpaired) electrons. The number of aliphatic imine (C=N–C) groups is 1. The molecule has 0 saturated carbocycles. The Bertz CT molecular complexity index is 542. The van der Waals surface area contributed by atoms with Gasteiger partial charge in [0.05, 0.1) is 24.7 Å². The Labute approximate surface area is 141 Å². The summed E-state index contributed by atoms with van der Waals surface area (Å²) in [4.78, 5) is 14.8. The quantitative estimate of drug-likeness (QED) is 0.244. The molecule has 2 rings (SSSR count). The van der Waals surface area contributed by atoms with Crippen LogP contribution in [0.15, 0.2) is 29.3 Å². The number of rotatable bonds is 8. The fourth-order valence-corrected chi connectivity index (χ4v) is 2.32. The SMILES string of the molecule is COCCNC(=NCc1ccc([N+](=O)[O-])cc1)NCC1CCOC1. The van der Waals surface area contributed by atoms with Crippen molar-refractivity contribution in [2.45, 2.75) is 13.0 Å². The van der Waals surface area contributed by atoms with Gasteiger partial charge in [-0.1, -0.05) is 12.1 Å². The van der Waals surface area contributed by atoms with Crippen molar-refractivity contribution in [3.8, 4) is 0 Å². The van der Waals surface area contributed by atoms with Gasteiger partial charge in [0.1, 0.15) is 0 Å². The summed E-state index contributed by atoms with van der Waals surface area (Å²) < 4.78 is 10.4. The Kier molecular flexibility index (Phi) is 7.44. The number of benzene rings is 1. The van der Waals surface area contributed by atoms with Gasteiger partial charge >= 0.3 is 0 Å². The number of nitrogens with zero attached hydrogens (tertiary/aromatic N) is 2. The molecule has 0 bridgehead atoms. The number of ether oxygens (including phenoxy) is 2. The highest BCUT2D eigenvalue weighted by atomic mass is 16.6. The van der Waals surface area contributed by atoms with Gasteiger partial charge in [0.2, 0.25) is 0 Å². The van der Waals surface area contributed by atoms with E-state index < -0.39 is 4.92 Å². The second-order valence-electron chi connectivity index (χ2n) is 5.62. The summed E-state index contributed by atoms with van der Waals surface area (Å²) in [6.07, 6.45) is 1.06. The second kappa shape index (κ2) is 9.84. The minimum Gasteiger partial charge on any atom is -0.383 e. The third-order valence-electron chi connectivity index (χ3n) is 3.75. The number of methoxy groups -OCH3 is 1. The van der Waals surface area contributed by atoms with Crippen molar-refractivity contribution in [3.05, 3.63) is 39.9 Å². The van der Waals surface area contributed by atoms with Crippen LogP contribution in [-0.4, -0.2) is 50.9 Å². The molecule has 8 heteroatoms. The van der Waals surface area contributed by atoms with Crippen LogP contribution in [0.3, 0.4) is 0 Å². The van der Waals surface area contributed by atoms with Crippen molar-refractivity contribution in [1.82, 2.24) is 10.6 Å². The van der Waals surface area contributed by atoms with Gasteiger partial charge in [-0.3, -0.25) is 10.1 Å². The molecule has 1 atom stereocenters. The van der Waals surface area contributed by atoms with E-state index in [1.54, 1.807) is 19.2 Å². The summed E-state index contributed by atoms with van der Waals surface area (Å²) in [6, 6.07) is 6.43. The minimum atomic E-state index is -0.407. The average Bonchev–Trinajstić information content (AvgIpc) is 3.11. The van der Waals surface area contributed by atoms with Gasteiger partial charge in [-0.25, -0.2) is 4.99 Å². The first kappa shape index (κ1) is 18.2. The molecule has 0 aromatic heterocycles. The Balaban J connectivity index is 1.90. The second-order valence-corrected chi connectivity index (χ2v) is 5.62. The lowest BCUT2D eigenvalue weighted by molar-refractivity contribution is -0.384. The first-order chi connectivity index (χ1) is 11.7. The lowest BCUT2D eigenvalue weighted by atomic mass is 10.1. The fourth-order valence-electron chi connectivity index (χ4n) is 2.32. The monoisotopic (exact) mass is 336 g/mol. The van der Waals surface area contributed by atoms with Gasteiger partial charge in [-0.2, -0.15) is 0 Å². The molecular weight excluding hydrogens is 312 g/mol. The summed E-state index contributed by atoms with van der Waals surface area (Å²) >= 11 is 0. The summed E-state index contributed by atoms with van der Waals surface area (Å²) in [5, 5.41) is 17.2. The molecule has 1 aromatic rings. The van der Waals surface area contributed by atoms with Crippen LogP contribution in [-0.2, 0) is 16.0 Å². The van der Waals surface area contributed by atoms with E-state index in [1.165, 1.54) is 12.1 Å². The molecule has 1 aliphatic heterocycles. The highest BCUT2D eigenvalue weighted by Gasteiger charge is 2.15. The smallest absolute Gasteiger partial charge is 0.269 e. The third-order valence-corrected chi connectivity index (χ3v) is 3.75. The van der Waals surface area contributed by atoms with E-state index in [0.717, 1.165) is 31.7 Å². The molecule has 1 saturated heterocycles. The molecule has 1 fully saturated rings. The van der Waals surface area contributed by atoms with Crippen molar-refractivity contribution in [3.63, 3.8) is 0 Å². The van der Waals surface area contributed by atoms with Crippen LogP contribution >= 0.6 is 0 Å². The molecule has 1 unspecified atom stereocenters. The number of non-ortho nitro benzene ring substituents is 1. The largest absolute Gasteiger partial charge is 0.383 e. The van der Waals surface area contributed by atoms with E-state index in [-0.39, 0.29) is 5.69 Å². The summed E-state index contributed by atoms with van der Waals surface area (Å²) in [7, 11) is 1.65. The lowest BCUT2D eigenvalue weighted by Gasteiger charge is -2.15. The van der Waals surface area contributed by atoms with Gasteiger partial charge in [0.25, 0.3) is 5.69 Å². The number of nitro groups is 1. The van der Waals surface area contributed by atoms with E-state index in [2.05, 4.69) is 15.6 Å². The van der Waals surface area contributed by atoms with Crippen molar-refractivity contribution in [1.29, 1.82) is 0 Å². The molecule has 1 aliphatic rings. The van der Waals surface area contributed by atoms with Crippen molar-refractivity contribution in [2.24, 2.45) is 10.9 Å². The highest BCUT2D eigenvalue weighted by Crippen LogP contribution is 2.13. The molecule has 2 N–H and O–H groups in total. The number of hydrogen-bond acceptors (Lipinski definition) is 5. The standard InChI is InChI=1S/C16H24N4O4/c1-23-9-7-17-16(19-11-14-6-8-24-12-14)18-10-13-2-4-15(5-3-13)20(21)22/h2-5,14H,6-12H2,1H3,(H2,17,18,19). The zero-order valence-corrected chi connectivity index (χ0v) is 13.9. The molecule has 0 spiro atoms. The number of nitrogens with one attached hydrogen (secondary N) is 2. The number of guanidine groups is 1. The molecule has 0 amide bonds. The van der Waals surface area contributed by atoms with E-state index in [9.17, 15) is 10.1 Å². The van der Waals surface area contributed by atoms with Crippen LogP contribution in [0.1, 0.15) is 12.0 Å². The molecular formula is C16H24N4O4. The van der Waals surface area contributed by atoms with Crippen molar-refractivity contribution < 1.29 is 14.4 Å². The number of nitro benzene ring substituents is 1. The number of hydrogen-bond donors (Lipinski definition) is 2. The van der Waals surface area contributed by atoms with E-state index in [1.807, 2.05) is 0 Å². The zero-order valence-electron chi connectivity index (χ0n) is 13.9. The lowest BCUT2D eigenvalue weighted by Crippen LogP contribution is -2.41. The van der Waals surface area contributed by atoms with Crippen LogP contribution in [0.25, 0.3) is 0 Å². The minimum absolute atomic E-state index is 0.0838. The third kappa shape index (κ3) is 6.13. The van der Waals surface area contributed by atoms with Gasteiger partial charge < -0.3 is 20.1 Å². The van der Waals surface area contributed by atoms with Crippen LogP contribution in [0.5, 0.6) is 0 Å². The summed E-state index contributed by atoms with van der Waals surface area (Å²) in [6.45, 7) is 4.09. The first-order valence-electron chi connectivity index (χ1n) is 8.01. The topological polar surface area (TPSA) is 98.0 Å². The Morgan fingerprint density at radius 3 is 2.83 bits per heavy atom. The predicted octanol–water partition coefficient (Wildman–Crippen LogP) is 1.31. The maximum atomic E-state index is 10.7. The average molecular weight is 336 g/mol. The van der Waals surface area contributed by atoms with Crippen LogP contribution in [0.4, 0.5) is 5.69 Å². The van der Waals surface area contributed by atoms with Crippen LogP contribution in [0.2, 0.25) is 0 Å². The van der Waals surface area contributed by atoms with Gasteiger partial charge in [-0.05, 0) is 12.0 Å². The zero-order chi connectivity index (χ0) is 17.2. The first-order valence-corrected chi connectivity index (χ1v) is 8.01.